The molecule has 0 radical (unpaired) electrons. The average Bonchev–Trinajstić information content (AvgIpc) is 3.81. The number of nitrogens with zero attached hydrogens (tertiary/aromatic N) is 4. The second-order valence-corrected chi connectivity index (χ2v) is 17.1. The summed E-state index contributed by atoms with van der Waals surface area (Å²) < 4.78 is 2.47. The molecule has 268 valence electrons. The van der Waals surface area contributed by atoms with Crippen molar-refractivity contribution in [3.63, 3.8) is 0 Å². The summed E-state index contributed by atoms with van der Waals surface area (Å²) in [5.74, 6) is 1.88. The molecule has 0 bridgehead atoms. The number of thiophene rings is 1. The Bertz CT molecular complexity index is 3050. The first kappa shape index (κ1) is 33.0. The summed E-state index contributed by atoms with van der Waals surface area (Å²) in [5.41, 5.74) is 13.9. The summed E-state index contributed by atoms with van der Waals surface area (Å²) in [7, 11) is 0. The van der Waals surface area contributed by atoms with Gasteiger partial charge in [0, 0.05) is 47.8 Å². The molecule has 0 atom stereocenters. The molecule has 0 amide bonds. The van der Waals surface area contributed by atoms with Gasteiger partial charge in [0.2, 0.25) is 5.95 Å². The van der Waals surface area contributed by atoms with Crippen LogP contribution in [0.25, 0.3) is 65.2 Å². The van der Waals surface area contributed by atoms with Crippen LogP contribution >= 0.6 is 11.3 Å². The topological polar surface area (TPSA) is 41.9 Å². The normalized spacial score (nSPS) is 14.4. The van der Waals surface area contributed by atoms with Crippen molar-refractivity contribution in [2.24, 2.45) is 0 Å². The number of rotatable bonds is 5. The van der Waals surface area contributed by atoms with E-state index in [-0.39, 0.29) is 10.8 Å². The van der Waals surface area contributed by atoms with Crippen LogP contribution in [0.1, 0.15) is 49.9 Å². The van der Waals surface area contributed by atoms with Gasteiger partial charge in [-0.25, -0.2) is 4.98 Å². The van der Waals surface area contributed by atoms with Crippen molar-refractivity contribution in [3.8, 4) is 45.0 Å². The molecule has 7 aromatic carbocycles. The van der Waals surface area contributed by atoms with Crippen molar-refractivity contribution in [2.75, 3.05) is 4.90 Å². The number of benzene rings is 7. The first-order valence-electron chi connectivity index (χ1n) is 19.3. The van der Waals surface area contributed by atoms with Crippen LogP contribution in [0.2, 0.25) is 0 Å². The molecule has 0 saturated heterocycles. The highest BCUT2D eigenvalue weighted by Crippen LogP contribution is 2.53. The highest BCUT2D eigenvalue weighted by Gasteiger charge is 2.39. The standard InChI is InChI=1S/C51H38N4S/c1-50(2)39-23-11-9-19-34(39)38-30-31(28-29-41(38)50)47-52-48(37-22-14-21-35-33-18-8-12-24-40(33)51(3,4)46(35)37)54-49(53-47)55(32-16-6-5-7-17-32)42-25-15-27-44-45(42)36-20-10-13-26-43(36)56-44/h5-30H,1-4H3. The fourth-order valence-electron chi connectivity index (χ4n) is 9.49. The SMILES string of the molecule is CC1(C)c2ccccc2-c2cc(-c3nc(-c4cccc5c4C(C)(C)c4ccccc4-5)nc(N(c4ccccc4)c4cccc5sc6ccccc6c45)n3)ccc21. The van der Waals surface area contributed by atoms with Crippen LogP contribution in [-0.2, 0) is 10.8 Å². The van der Waals surface area contributed by atoms with E-state index in [4.69, 9.17) is 15.0 Å². The number of hydrogen-bond acceptors (Lipinski definition) is 5. The van der Waals surface area contributed by atoms with Gasteiger partial charge in [-0.1, -0.05) is 149 Å². The molecule has 4 nitrogen and oxygen atoms in total. The third-order valence-electron chi connectivity index (χ3n) is 12.1. The fraction of sp³-hybridized carbons (Fsp3) is 0.118. The number of hydrogen-bond donors (Lipinski definition) is 0. The van der Waals surface area contributed by atoms with E-state index in [1.165, 1.54) is 64.7 Å². The van der Waals surface area contributed by atoms with E-state index >= 15 is 0 Å². The van der Waals surface area contributed by atoms with Gasteiger partial charge in [0.25, 0.3) is 0 Å². The van der Waals surface area contributed by atoms with Crippen LogP contribution in [-0.4, -0.2) is 15.0 Å². The fourth-order valence-corrected chi connectivity index (χ4v) is 10.6. The van der Waals surface area contributed by atoms with Crippen molar-refractivity contribution >= 4 is 48.8 Å². The van der Waals surface area contributed by atoms with Crippen molar-refractivity contribution in [1.29, 1.82) is 0 Å². The number of aromatic nitrogens is 3. The molecule has 2 aliphatic carbocycles. The number of fused-ring (bicyclic) bond motifs is 9. The van der Waals surface area contributed by atoms with Crippen molar-refractivity contribution in [1.82, 2.24) is 15.0 Å². The van der Waals surface area contributed by atoms with E-state index in [0.717, 1.165) is 22.5 Å². The highest BCUT2D eigenvalue weighted by atomic mass is 32.1. The maximum atomic E-state index is 5.50. The summed E-state index contributed by atoms with van der Waals surface area (Å²) in [6, 6.07) is 56.7. The van der Waals surface area contributed by atoms with Gasteiger partial charge in [-0.2, -0.15) is 9.97 Å². The van der Waals surface area contributed by atoms with Crippen molar-refractivity contribution < 1.29 is 0 Å². The second kappa shape index (κ2) is 12.0. The Morgan fingerprint density at radius 3 is 1.89 bits per heavy atom. The largest absolute Gasteiger partial charge is 0.278 e. The second-order valence-electron chi connectivity index (χ2n) is 16.0. The molecule has 0 spiro atoms. The van der Waals surface area contributed by atoms with Gasteiger partial charge in [-0.05, 0) is 80.9 Å². The quantitative estimate of drug-likeness (QED) is 0.176. The van der Waals surface area contributed by atoms with Crippen LogP contribution in [0, 0.1) is 0 Å². The molecule has 0 saturated carbocycles. The third kappa shape index (κ3) is 4.74. The molecule has 0 unspecified atom stereocenters. The lowest BCUT2D eigenvalue weighted by molar-refractivity contribution is 0.660. The molecule has 2 heterocycles. The summed E-state index contributed by atoms with van der Waals surface area (Å²) in [6.45, 7) is 9.28. The Morgan fingerprint density at radius 1 is 0.464 bits per heavy atom. The maximum absolute atomic E-state index is 5.50. The number of anilines is 3. The van der Waals surface area contributed by atoms with Gasteiger partial charge >= 0.3 is 0 Å². The van der Waals surface area contributed by atoms with Gasteiger partial charge in [0.15, 0.2) is 11.6 Å². The average molecular weight is 739 g/mol. The molecule has 2 aromatic heterocycles. The monoisotopic (exact) mass is 738 g/mol. The molecule has 2 aliphatic rings. The minimum absolute atomic E-state index is 0.100. The molecule has 9 aromatic rings. The highest BCUT2D eigenvalue weighted by molar-refractivity contribution is 7.26. The molecule has 0 N–H and O–H groups in total. The van der Waals surface area contributed by atoms with E-state index < -0.39 is 0 Å². The lowest BCUT2D eigenvalue weighted by Gasteiger charge is -2.26. The smallest absolute Gasteiger partial charge is 0.238 e. The summed E-state index contributed by atoms with van der Waals surface area (Å²) in [4.78, 5) is 18.6. The number of para-hydroxylation sites is 1. The van der Waals surface area contributed by atoms with E-state index in [1.54, 1.807) is 0 Å². The molecule has 5 heteroatoms. The Kier molecular flexibility index (Phi) is 7.08. The summed E-state index contributed by atoms with van der Waals surface area (Å²) in [6.07, 6.45) is 0. The zero-order valence-corrected chi connectivity index (χ0v) is 32.5. The molecule has 0 aliphatic heterocycles. The lowest BCUT2D eigenvalue weighted by atomic mass is 9.80. The first-order chi connectivity index (χ1) is 27.3. The van der Waals surface area contributed by atoms with Crippen LogP contribution in [0.5, 0.6) is 0 Å². The Balaban J connectivity index is 1.20. The van der Waals surface area contributed by atoms with E-state index in [1.807, 2.05) is 11.3 Å². The first-order valence-corrected chi connectivity index (χ1v) is 20.1. The Morgan fingerprint density at radius 2 is 1.07 bits per heavy atom. The Labute approximate surface area is 330 Å². The third-order valence-corrected chi connectivity index (χ3v) is 13.3. The van der Waals surface area contributed by atoms with Crippen LogP contribution in [0.15, 0.2) is 158 Å². The van der Waals surface area contributed by atoms with Crippen LogP contribution in [0.4, 0.5) is 17.3 Å². The lowest BCUT2D eigenvalue weighted by Crippen LogP contribution is -2.18. The minimum Gasteiger partial charge on any atom is -0.278 e. The molecular weight excluding hydrogens is 701 g/mol. The van der Waals surface area contributed by atoms with Gasteiger partial charge in [0.1, 0.15) is 0 Å². The van der Waals surface area contributed by atoms with Gasteiger partial charge in [-0.3, -0.25) is 4.90 Å². The van der Waals surface area contributed by atoms with E-state index in [2.05, 4.69) is 190 Å². The van der Waals surface area contributed by atoms with Crippen LogP contribution < -0.4 is 4.90 Å². The van der Waals surface area contributed by atoms with Crippen molar-refractivity contribution in [2.45, 2.75) is 38.5 Å². The molecule has 11 rings (SSSR count). The van der Waals surface area contributed by atoms with Gasteiger partial charge in [0.05, 0.1) is 5.69 Å². The molecule has 0 fully saturated rings. The predicted molar refractivity (Wildman–Crippen MR) is 233 cm³/mol. The Hall–Kier alpha value is -6.43. The van der Waals surface area contributed by atoms with E-state index in [0.29, 0.717) is 17.6 Å². The van der Waals surface area contributed by atoms with Gasteiger partial charge in [-0.15, -0.1) is 11.3 Å². The molecule has 56 heavy (non-hydrogen) atoms. The zero-order chi connectivity index (χ0) is 37.8. The van der Waals surface area contributed by atoms with Crippen LogP contribution in [0.3, 0.4) is 0 Å². The summed E-state index contributed by atoms with van der Waals surface area (Å²) in [5, 5.41) is 2.41. The minimum atomic E-state index is -0.251. The maximum Gasteiger partial charge on any atom is 0.238 e. The van der Waals surface area contributed by atoms with Gasteiger partial charge < -0.3 is 0 Å². The van der Waals surface area contributed by atoms with E-state index in [9.17, 15) is 0 Å². The zero-order valence-electron chi connectivity index (χ0n) is 31.7. The molecular formula is C51H38N4S. The van der Waals surface area contributed by atoms with Crippen molar-refractivity contribution in [3.05, 3.63) is 180 Å². The summed E-state index contributed by atoms with van der Waals surface area (Å²) >= 11 is 1.82. The predicted octanol–water partition coefficient (Wildman–Crippen LogP) is 13.7.